The minimum Gasteiger partial charge on any atom is -0.374 e. The molecule has 0 aliphatic carbocycles. The van der Waals surface area contributed by atoms with Gasteiger partial charge in [0.05, 0.1) is 25.3 Å². The smallest absolute Gasteiger partial charge is 0.318 e. The number of ether oxygens (including phenoxy) is 1. The Morgan fingerprint density at radius 3 is 2.87 bits per heavy atom. The predicted molar refractivity (Wildman–Crippen MR) is 84.8 cm³/mol. The van der Waals surface area contributed by atoms with E-state index in [0.717, 1.165) is 11.3 Å². The molecule has 6 heteroatoms. The minimum atomic E-state index is -0.116. The van der Waals surface area contributed by atoms with Gasteiger partial charge < -0.3 is 19.5 Å². The molecule has 6 nitrogen and oxygen atoms in total. The molecular weight excluding hydrogens is 294 g/mol. The second kappa shape index (κ2) is 6.83. The van der Waals surface area contributed by atoms with Crippen LogP contribution in [-0.4, -0.2) is 35.3 Å². The van der Waals surface area contributed by atoms with Crippen LogP contribution < -0.4 is 5.32 Å². The number of urea groups is 1. The SMILES string of the molecule is Cc1cc(CNC(=O)N2C[C@H](C)OC[C@@H]2c2ccccc2)no1. The molecule has 2 amide bonds. The average Bonchev–Trinajstić information content (AvgIpc) is 2.99. The quantitative estimate of drug-likeness (QED) is 0.945. The minimum absolute atomic E-state index is 0.0232. The fraction of sp³-hybridized carbons (Fsp3) is 0.412. The number of carbonyl (C=O) groups is 1. The first-order valence-corrected chi connectivity index (χ1v) is 7.76. The van der Waals surface area contributed by atoms with Crippen LogP contribution in [0.5, 0.6) is 0 Å². The molecule has 1 fully saturated rings. The third-order valence-corrected chi connectivity index (χ3v) is 3.91. The van der Waals surface area contributed by atoms with Crippen LogP contribution >= 0.6 is 0 Å². The molecule has 2 aromatic rings. The lowest BCUT2D eigenvalue weighted by Crippen LogP contribution is -2.50. The molecule has 1 N–H and O–H groups in total. The maximum absolute atomic E-state index is 12.6. The summed E-state index contributed by atoms with van der Waals surface area (Å²) in [4.78, 5) is 14.4. The number of aromatic nitrogens is 1. The number of benzene rings is 1. The third-order valence-electron chi connectivity index (χ3n) is 3.91. The van der Waals surface area contributed by atoms with Crippen LogP contribution in [-0.2, 0) is 11.3 Å². The lowest BCUT2D eigenvalue weighted by atomic mass is 10.0. The Kier molecular flexibility index (Phi) is 4.62. The summed E-state index contributed by atoms with van der Waals surface area (Å²) in [5.41, 5.74) is 1.79. The summed E-state index contributed by atoms with van der Waals surface area (Å²) in [6, 6.07) is 11.6. The highest BCUT2D eigenvalue weighted by atomic mass is 16.5. The predicted octanol–water partition coefficient (Wildman–Crippen LogP) is 2.65. The molecule has 0 spiro atoms. The van der Waals surface area contributed by atoms with Gasteiger partial charge in [0.1, 0.15) is 11.5 Å². The molecule has 23 heavy (non-hydrogen) atoms. The fourth-order valence-electron chi connectivity index (χ4n) is 2.75. The van der Waals surface area contributed by atoms with Gasteiger partial charge in [-0.25, -0.2) is 4.79 Å². The van der Waals surface area contributed by atoms with Gasteiger partial charge >= 0.3 is 6.03 Å². The summed E-state index contributed by atoms with van der Waals surface area (Å²) < 4.78 is 10.8. The Bertz CT molecular complexity index is 656. The van der Waals surface area contributed by atoms with Gasteiger partial charge in [-0.3, -0.25) is 0 Å². The van der Waals surface area contributed by atoms with E-state index in [1.165, 1.54) is 0 Å². The van der Waals surface area contributed by atoms with E-state index in [0.29, 0.717) is 25.4 Å². The van der Waals surface area contributed by atoms with Crippen LogP contribution in [0, 0.1) is 6.92 Å². The van der Waals surface area contributed by atoms with Crippen molar-refractivity contribution in [2.24, 2.45) is 0 Å². The molecule has 1 aliphatic heterocycles. The third kappa shape index (κ3) is 3.71. The second-order valence-electron chi connectivity index (χ2n) is 5.81. The molecular formula is C17H21N3O3. The summed E-state index contributed by atoms with van der Waals surface area (Å²) in [7, 11) is 0. The van der Waals surface area contributed by atoms with E-state index in [1.807, 2.05) is 55.1 Å². The fourth-order valence-corrected chi connectivity index (χ4v) is 2.75. The van der Waals surface area contributed by atoms with Gasteiger partial charge in [-0.15, -0.1) is 0 Å². The van der Waals surface area contributed by atoms with Crippen molar-refractivity contribution in [2.75, 3.05) is 13.2 Å². The molecule has 0 bridgehead atoms. The zero-order valence-corrected chi connectivity index (χ0v) is 13.4. The molecule has 1 aromatic carbocycles. The van der Waals surface area contributed by atoms with E-state index in [9.17, 15) is 4.79 Å². The van der Waals surface area contributed by atoms with Gasteiger partial charge in [0.2, 0.25) is 0 Å². The number of aryl methyl sites for hydroxylation is 1. The van der Waals surface area contributed by atoms with Crippen molar-refractivity contribution in [1.29, 1.82) is 0 Å². The van der Waals surface area contributed by atoms with Crippen LogP contribution in [0.15, 0.2) is 40.9 Å². The molecule has 2 heterocycles. The highest BCUT2D eigenvalue weighted by molar-refractivity contribution is 5.75. The highest BCUT2D eigenvalue weighted by Gasteiger charge is 2.31. The molecule has 0 unspecified atom stereocenters. The van der Waals surface area contributed by atoms with Crippen molar-refractivity contribution in [1.82, 2.24) is 15.4 Å². The summed E-state index contributed by atoms with van der Waals surface area (Å²) in [5.74, 6) is 0.733. The van der Waals surface area contributed by atoms with E-state index in [1.54, 1.807) is 0 Å². The molecule has 0 saturated carbocycles. The first-order chi connectivity index (χ1) is 11.1. The van der Waals surface area contributed by atoms with Gasteiger partial charge in [0.25, 0.3) is 0 Å². The number of hydrogen-bond donors (Lipinski definition) is 1. The van der Waals surface area contributed by atoms with Crippen molar-refractivity contribution >= 4 is 6.03 Å². The highest BCUT2D eigenvalue weighted by Crippen LogP contribution is 2.26. The van der Waals surface area contributed by atoms with Gasteiger partial charge in [-0.2, -0.15) is 0 Å². The first kappa shape index (κ1) is 15.6. The summed E-state index contributed by atoms with van der Waals surface area (Å²) in [5, 5.41) is 6.80. The van der Waals surface area contributed by atoms with Crippen molar-refractivity contribution < 1.29 is 14.1 Å². The Morgan fingerprint density at radius 2 is 2.17 bits per heavy atom. The standard InChI is InChI=1S/C17H21N3O3/c1-12-8-15(19-23-12)9-18-17(21)20-10-13(2)22-11-16(20)14-6-4-3-5-7-14/h3-8,13,16H,9-11H2,1-2H3,(H,18,21)/t13-,16+/m0/s1. The van der Waals surface area contributed by atoms with Crippen LogP contribution in [0.1, 0.15) is 30.0 Å². The zero-order valence-electron chi connectivity index (χ0n) is 13.4. The molecule has 3 rings (SSSR count). The molecule has 2 atom stereocenters. The van der Waals surface area contributed by atoms with Crippen molar-refractivity contribution in [3.8, 4) is 0 Å². The maximum atomic E-state index is 12.6. The molecule has 1 aromatic heterocycles. The van der Waals surface area contributed by atoms with Crippen LogP contribution in [0.25, 0.3) is 0 Å². The Labute approximate surface area is 135 Å². The molecule has 1 aliphatic rings. The summed E-state index contributed by atoms with van der Waals surface area (Å²) in [6.45, 7) is 5.21. The number of nitrogens with zero attached hydrogens (tertiary/aromatic N) is 2. The number of hydrogen-bond acceptors (Lipinski definition) is 4. The van der Waals surface area contributed by atoms with E-state index in [-0.39, 0.29) is 18.2 Å². The largest absolute Gasteiger partial charge is 0.374 e. The second-order valence-corrected chi connectivity index (χ2v) is 5.81. The van der Waals surface area contributed by atoms with Crippen LogP contribution in [0.3, 0.4) is 0 Å². The first-order valence-electron chi connectivity index (χ1n) is 7.76. The van der Waals surface area contributed by atoms with E-state index < -0.39 is 0 Å². The number of amides is 2. The van der Waals surface area contributed by atoms with Crippen molar-refractivity contribution in [3.05, 3.63) is 53.4 Å². The maximum Gasteiger partial charge on any atom is 0.318 e. The lowest BCUT2D eigenvalue weighted by molar-refractivity contribution is -0.0382. The number of morpholine rings is 1. The normalized spacial score (nSPS) is 21.2. The Hall–Kier alpha value is -2.34. The van der Waals surface area contributed by atoms with E-state index in [4.69, 9.17) is 9.26 Å². The molecule has 122 valence electrons. The van der Waals surface area contributed by atoms with Gasteiger partial charge in [0, 0.05) is 12.6 Å². The Balaban J connectivity index is 1.69. The van der Waals surface area contributed by atoms with Crippen molar-refractivity contribution in [2.45, 2.75) is 32.5 Å². The van der Waals surface area contributed by atoms with Crippen LogP contribution in [0.4, 0.5) is 4.79 Å². The molecule has 0 radical (unpaired) electrons. The summed E-state index contributed by atoms with van der Waals surface area (Å²) in [6.07, 6.45) is 0.0232. The Morgan fingerprint density at radius 1 is 1.39 bits per heavy atom. The topological polar surface area (TPSA) is 67.6 Å². The number of carbonyl (C=O) groups excluding carboxylic acids is 1. The average molecular weight is 315 g/mol. The van der Waals surface area contributed by atoms with Gasteiger partial charge in [-0.1, -0.05) is 35.5 Å². The van der Waals surface area contributed by atoms with Gasteiger partial charge in [-0.05, 0) is 19.4 Å². The van der Waals surface area contributed by atoms with E-state index >= 15 is 0 Å². The molecule has 1 saturated heterocycles. The number of rotatable bonds is 3. The van der Waals surface area contributed by atoms with Crippen molar-refractivity contribution in [3.63, 3.8) is 0 Å². The monoisotopic (exact) mass is 315 g/mol. The summed E-state index contributed by atoms with van der Waals surface area (Å²) >= 11 is 0. The van der Waals surface area contributed by atoms with Gasteiger partial charge in [0.15, 0.2) is 0 Å². The zero-order chi connectivity index (χ0) is 16.2. The lowest BCUT2D eigenvalue weighted by Gasteiger charge is -2.38. The van der Waals surface area contributed by atoms with Crippen LogP contribution in [0.2, 0.25) is 0 Å². The van der Waals surface area contributed by atoms with E-state index in [2.05, 4.69) is 10.5 Å². The number of nitrogens with one attached hydrogen (secondary N) is 1.